The van der Waals surface area contributed by atoms with Crippen LogP contribution in [0, 0.1) is 11.8 Å². The van der Waals surface area contributed by atoms with Crippen LogP contribution in [0.5, 0.6) is 0 Å². The van der Waals surface area contributed by atoms with Crippen molar-refractivity contribution in [3.8, 4) is 0 Å². The Morgan fingerprint density at radius 3 is 1.85 bits per heavy atom. The lowest BCUT2D eigenvalue weighted by molar-refractivity contribution is 0.300. The zero-order valence-electron chi connectivity index (χ0n) is 10.0. The molecule has 0 rings (SSSR count). The molecule has 13 heavy (non-hydrogen) atoms. The zero-order chi connectivity index (χ0) is 10.4. The summed E-state index contributed by atoms with van der Waals surface area (Å²) in [5.74, 6) is 1.39. The van der Waals surface area contributed by atoms with Crippen molar-refractivity contribution in [3.05, 3.63) is 0 Å². The molecule has 2 nitrogen and oxygen atoms in total. The maximum absolute atomic E-state index is 3.47. The Morgan fingerprint density at radius 2 is 1.54 bits per heavy atom. The van der Waals surface area contributed by atoms with E-state index in [1.807, 2.05) is 0 Å². The third-order valence-corrected chi connectivity index (χ3v) is 2.51. The van der Waals surface area contributed by atoms with E-state index in [0.29, 0.717) is 23.9 Å². The average Bonchev–Trinajstić information content (AvgIpc) is 2.01. The first-order valence-electron chi connectivity index (χ1n) is 5.39. The van der Waals surface area contributed by atoms with Crippen molar-refractivity contribution in [3.63, 3.8) is 0 Å². The summed E-state index contributed by atoms with van der Waals surface area (Å²) in [5.41, 5.74) is 0. The lowest BCUT2D eigenvalue weighted by Gasteiger charge is -2.28. The van der Waals surface area contributed by atoms with Crippen LogP contribution in [-0.2, 0) is 0 Å². The molecule has 2 atom stereocenters. The van der Waals surface area contributed by atoms with E-state index in [1.54, 1.807) is 0 Å². The fourth-order valence-electron chi connectivity index (χ4n) is 1.82. The highest BCUT2D eigenvalue weighted by Gasteiger charge is 2.18. The van der Waals surface area contributed by atoms with Gasteiger partial charge in [0.15, 0.2) is 0 Å². The summed E-state index contributed by atoms with van der Waals surface area (Å²) in [7, 11) is 2.05. The van der Waals surface area contributed by atoms with Gasteiger partial charge in [-0.2, -0.15) is 0 Å². The first kappa shape index (κ1) is 12.9. The maximum atomic E-state index is 3.47. The molecule has 0 heterocycles. The summed E-state index contributed by atoms with van der Waals surface area (Å²) < 4.78 is 0. The summed E-state index contributed by atoms with van der Waals surface area (Å²) >= 11 is 0. The molecule has 2 unspecified atom stereocenters. The Labute approximate surface area is 83.5 Å². The molecule has 0 saturated heterocycles. The third-order valence-electron chi connectivity index (χ3n) is 2.51. The second-order valence-electron chi connectivity index (χ2n) is 4.60. The summed E-state index contributed by atoms with van der Waals surface area (Å²) in [6, 6.07) is 1.21. The molecule has 80 valence electrons. The van der Waals surface area contributed by atoms with Gasteiger partial charge in [-0.15, -0.1) is 0 Å². The Morgan fingerprint density at radius 1 is 1.00 bits per heavy atom. The van der Waals surface area contributed by atoms with Gasteiger partial charge in [-0.1, -0.05) is 34.6 Å². The third kappa shape index (κ3) is 5.27. The average molecular weight is 186 g/mol. The molecule has 0 radical (unpaired) electrons. The Balaban J connectivity index is 3.84. The van der Waals surface area contributed by atoms with Gasteiger partial charge in [0, 0.05) is 12.1 Å². The monoisotopic (exact) mass is 186 g/mol. The quantitative estimate of drug-likeness (QED) is 0.661. The smallest absolute Gasteiger partial charge is 0.0125 e. The SMILES string of the molecule is CNC(C(C)C)C(C)CNC(C)C. The van der Waals surface area contributed by atoms with Crippen LogP contribution in [0.25, 0.3) is 0 Å². The van der Waals surface area contributed by atoms with Crippen molar-refractivity contribution >= 4 is 0 Å². The molecule has 0 amide bonds. The summed E-state index contributed by atoms with van der Waals surface area (Å²) in [6.45, 7) is 12.3. The predicted octanol–water partition coefficient (Wildman–Crippen LogP) is 1.86. The van der Waals surface area contributed by atoms with Crippen molar-refractivity contribution in [2.75, 3.05) is 13.6 Å². The molecular formula is C11H26N2. The van der Waals surface area contributed by atoms with E-state index in [2.05, 4.69) is 52.3 Å². The summed E-state index contributed by atoms with van der Waals surface area (Å²) in [5, 5.41) is 6.86. The lowest BCUT2D eigenvalue weighted by atomic mass is 9.92. The molecule has 0 aliphatic carbocycles. The second-order valence-corrected chi connectivity index (χ2v) is 4.60. The molecule has 0 bridgehead atoms. The number of rotatable bonds is 6. The molecule has 0 saturated carbocycles. The first-order chi connectivity index (χ1) is 5.99. The molecular weight excluding hydrogens is 160 g/mol. The van der Waals surface area contributed by atoms with Crippen LogP contribution in [-0.4, -0.2) is 25.7 Å². The maximum Gasteiger partial charge on any atom is 0.0125 e. The number of hydrogen-bond acceptors (Lipinski definition) is 2. The topological polar surface area (TPSA) is 24.1 Å². The minimum Gasteiger partial charge on any atom is -0.316 e. The molecule has 0 aromatic rings. The highest BCUT2D eigenvalue weighted by Crippen LogP contribution is 2.11. The lowest BCUT2D eigenvalue weighted by Crippen LogP contribution is -2.42. The molecule has 0 spiro atoms. The van der Waals surface area contributed by atoms with Crippen molar-refractivity contribution in [1.29, 1.82) is 0 Å². The van der Waals surface area contributed by atoms with E-state index in [9.17, 15) is 0 Å². The van der Waals surface area contributed by atoms with Crippen LogP contribution >= 0.6 is 0 Å². The van der Waals surface area contributed by atoms with Gasteiger partial charge in [-0.3, -0.25) is 0 Å². The van der Waals surface area contributed by atoms with Gasteiger partial charge < -0.3 is 10.6 Å². The highest BCUT2D eigenvalue weighted by atomic mass is 14.9. The standard InChI is InChI=1S/C11H26N2/c1-8(2)11(12-6)10(5)7-13-9(3)4/h8-13H,7H2,1-6H3. The normalized spacial score (nSPS) is 16.6. The molecule has 2 heteroatoms. The van der Waals surface area contributed by atoms with Crippen LogP contribution < -0.4 is 10.6 Å². The molecule has 0 aromatic heterocycles. The van der Waals surface area contributed by atoms with Crippen LogP contribution in [0.1, 0.15) is 34.6 Å². The minimum atomic E-state index is 0.590. The van der Waals surface area contributed by atoms with Crippen LogP contribution in [0.3, 0.4) is 0 Å². The minimum absolute atomic E-state index is 0.590. The zero-order valence-corrected chi connectivity index (χ0v) is 10.0. The first-order valence-corrected chi connectivity index (χ1v) is 5.39. The van der Waals surface area contributed by atoms with Crippen molar-refractivity contribution < 1.29 is 0 Å². The van der Waals surface area contributed by atoms with E-state index in [-0.39, 0.29) is 0 Å². The predicted molar refractivity (Wildman–Crippen MR) is 60.0 cm³/mol. The summed E-state index contributed by atoms with van der Waals surface area (Å²) in [6.07, 6.45) is 0. The summed E-state index contributed by atoms with van der Waals surface area (Å²) in [4.78, 5) is 0. The number of nitrogens with one attached hydrogen (secondary N) is 2. The van der Waals surface area contributed by atoms with Gasteiger partial charge in [0.1, 0.15) is 0 Å². The highest BCUT2D eigenvalue weighted by molar-refractivity contribution is 4.76. The molecule has 2 N–H and O–H groups in total. The van der Waals surface area contributed by atoms with Gasteiger partial charge in [0.05, 0.1) is 0 Å². The van der Waals surface area contributed by atoms with E-state index in [4.69, 9.17) is 0 Å². The van der Waals surface area contributed by atoms with Crippen LogP contribution in [0.2, 0.25) is 0 Å². The van der Waals surface area contributed by atoms with Crippen LogP contribution in [0.4, 0.5) is 0 Å². The molecule has 0 aromatic carbocycles. The fraction of sp³-hybridized carbons (Fsp3) is 1.00. The van der Waals surface area contributed by atoms with E-state index in [1.165, 1.54) is 0 Å². The van der Waals surface area contributed by atoms with Gasteiger partial charge in [-0.05, 0) is 25.4 Å². The van der Waals surface area contributed by atoms with Crippen molar-refractivity contribution in [2.45, 2.75) is 46.7 Å². The Bertz CT molecular complexity index is 121. The largest absolute Gasteiger partial charge is 0.316 e. The molecule has 0 aliphatic rings. The molecule has 0 aliphatic heterocycles. The number of hydrogen-bond donors (Lipinski definition) is 2. The van der Waals surface area contributed by atoms with E-state index >= 15 is 0 Å². The fourth-order valence-corrected chi connectivity index (χ4v) is 1.82. The van der Waals surface area contributed by atoms with E-state index in [0.717, 1.165) is 6.54 Å². The van der Waals surface area contributed by atoms with Crippen molar-refractivity contribution in [2.24, 2.45) is 11.8 Å². The van der Waals surface area contributed by atoms with Gasteiger partial charge >= 0.3 is 0 Å². The Kier molecular flexibility index (Phi) is 6.35. The second kappa shape index (κ2) is 6.39. The van der Waals surface area contributed by atoms with Gasteiger partial charge in [-0.25, -0.2) is 0 Å². The Hall–Kier alpha value is -0.0800. The molecule has 0 fully saturated rings. The van der Waals surface area contributed by atoms with Gasteiger partial charge in [0.25, 0.3) is 0 Å². The van der Waals surface area contributed by atoms with Crippen LogP contribution in [0.15, 0.2) is 0 Å². The van der Waals surface area contributed by atoms with Gasteiger partial charge in [0.2, 0.25) is 0 Å². The van der Waals surface area contributed by atoms with E-state index < -0.39 is 0 Å². The van der Waals surface area contributed by atoms with Crippen molar-refractivity contribution in [1.82, 2.24) is 10.6 Å².